The number of imidazole rings is 1. The van der Waals surface area contributed by atoms with E-state index in [9.17, 15) is 27.1 Å². The smallest absolute Gasteiger partial charge is 0.255 e. The molecule has 41 heavy (non-hydrogen) atoms. The van der Waals surface area contributed by atoms with Gasteiger partial charge in [-0.2, -0.15) is 0 Å². The number of hydrogen-bond acceptors (Lipinski definition) is 6. The number of hydrogen-bond donors (Lipinski definition) is 2. The van der Waals surface area contributed by atoms with E-state index in [4.69, 9.17) is 11.6 Å². The van der Waals surface area contributed by atoms with E-state index in [1.165, 1.54) is 24.3 Å². The van der Waals surface area contributed by atoms with Gasteiger partial charge in [0.1, 0.15) is 11.4 Å². The number of amides is 1. The first kappa shape index (κ1) is 27.5. The molecule has 2 aromatic heterocycles. The molecule has 2 heterocycles. The third kappa shape index (κ3) is 4.71. The summed E-state index contributed by atoms with van der Waals surface area (Å²) in [6.45, 7) is 0. The van der Waals surface area contributed by atoms with Crippen molar-refractivity contribution in [2.45, 2.75) is 41.4 Å². The molecule has 2 aromatic carbocycles. The Labute approximate surface area is 239 Å². The molecule has 2 aliphatic carbocycles. The van der Waals surface area contributed by atoms with Crippen LogP contribution in [0, 0.1) is 23.5 Å². The Morgan fingerprint density at radius 2 is 1.71 bits per heavy atom. The number of nitrogens with zero attached hydrogens (tertiary/aromatic N) is 3. The lowest BCUT2D eigenvalue weighted by Gasteiger charge is -2.42. The van der Waals surface area contributed by atoms with E-state index in [-0.39, 0.29) is 45.8 Å². The summed E-state index contributed by atoms with van der Waals surface area (Å²) in [4.78, 5) is 21.2. The number of nitrogens with one attached hydrogen (secondary N) is 1. The molecule has 2 fully saturated rings. The number of anilines is 1. The van der Waals surface area contributed by atoms with Crippen molar-refractivity contribution in [1.29, 1.82) is 0 Å². The van der Waals surface area contributed by atoms with Crippen molar-refractivity contribution in [1.82, 2.24) is 14.5 Å². The summed E-state index contributed by atoms with van der Waals surface area (Å²) < 4.78 is 56.5. The number of aliphatic hydroxyl groups is 1. The third-order valence-corrected chi connectivity index (χ3v) is 10.9. The van der Waals surface area contributed by atoms with Gasteiger partial charge in [0.05, 0.1) is 15.2 Å². The van der Waals surface area contributed by atoms with Crippen molar-refractivity contribution in [3.63, 3.8) is 0 Å². The summed E-state index contributed by atoms with van der Waals surface area (Å²) >= 11 is 6.35. The van der Waals surface area contributed by atoms with Crippen LogP contribution in [0.1, 0.15) is 41.9 Å². The standard InChI is InChI=1S/C29H25ClF2N4O4S/c30-23-5-1-17(27(37)35-20-4-6-24(31)25(32)16-20)13-26(23)41(39,40)22-14-18-2-3-19(15-22)29(18,38)28-34-11-12-36(28)21-7-9-33-10-8-21/h1,4-13,16,18-19,22,38H,2-3,14-15H2,(H,35,37)/t18-,19?,22-,29-/m0/s1. The van der Waals surface area contributed by atoms with Crippen LogP contribution in [-0.4, -0.2) is 39.2 Å². The van der Waals surface area contributed by atoms with Crippen LogP contribution in [0.2, 0.25) is 5.02 Å². The number of carbonyl (C=O) groups excluding carboxylic acids is 1. The van der Waals surface area contributed by atoms with Crippen molar-refractivity contribution in [3.8, 4) is 5.69 Å². The van der Waals surface area contributed by atoms with E-state index in [2.05, 4.69) is 15.3 Å². The lowest BCUT2D eigenvalue weighted by atomic mass is 9.73. The summed E-state index contributed by atoms with van der Waals surface area (Å²) in [6, 6.07) is 10.4. The maximum Gasteiger partial charge on any atom is 0.255 e. The van der Waals surface area contributed by atoms with Crippen molar-refractivity contribution >= 4 is 33.0 Å². The van der Waals surface area contributed by atoms with Crippen molar-refractivity contribution < 1.29 is 27.1 Å². The Balaban J connectivity index is 1.27. The average molecular weight is 599 g/mol. The minimum atomic E-state index is -4.01. The highest BCUT2D eigenvalue weighted by Crippen LogP contribution is 2.56. The number of benzene rings is 2. The molecule has 0 aliphatic heterocycles. The molecule has 2 N–H and O–H groups in total. The fourth-order valence-electron chi connectivity index (χ4n) is 6.25. The molecule has 6 rings (SSSR count). The Morgan fingerprint density at radius 3 is 2.39 bits per heavy atom. The van der Waals surface area contributed by atoms with E-state index >= 15 is 0 Å². The van der Waals surface area contributed by atoms with Crippen LogP contribution < -0.4 is 5.32 Å². The van der Waals surface area contributed by atoms with Gasteiger partial charge >= 0.3 is 0 Å². The number of fused-ring (bicyclic) bond motifs is 2. The highest BCUT2D eigenvalue weighted by atomic mass is 35.5. The molecule has 0 radical (unpaired) electrons. The number of aromatic nitrogens is 3. The first-order chi connectivity index (χ1) is 19.6. The van der Waals surface area contributed by atoms with E-state index < -0.39 is 38.2 Å². The zero-order chi connectivity index (χ0) is 28.9. The van der Waals surface area contributed by atoms with Gasteiger partial charge in [0, 0.05) is 47.8 Å². The quantitative estimate of drug-likeness (QED) is 0.311. The zero-order valence-electron chi connectivity index (χ0n) is 21.5. The maximum atomic E-state index is 13.9. The van der Waals surface area contributed by atoms with E-state index in [1.54, 1.807) is 24.8 Å². The molecule has 4 atom stereocenters. The second-order valence-electron chi connectivity index (χ2n) is 10.5. The summed E-state index contributed by atoms with van der Waals surface area (Å²) in [5, 5.41) is 13.6. The molecule has 212 valence electrons. The Kier molecular flexibility index (Phi) is 6.91. The van der Waals surface area contributed by atoms with Crippen LogP contribution in [0.15, 0.2) is 78.2 Å². The van der Waals surface area contributed by atoms with E-state index in [0.717, 1.165) is 17.8 Å². The second-order valence-corrected chi connectivity index (χ2v) is 13.1. The van der Waals surface area contributed by atoms with Crippen LogP contribution in [0.25, 0.3) is 5.69 Å². The molecule has 2 bridgehead atoms. The first-order valence-corrected chi connectivity index (χ1v) is 15.0. The lowest BCUT2D eigenvalue weighted by molar-refractivity contribution is -0.0729. The first-order valence-electron chi connectivity index (χ1n) is 13.1. The molecule has 0 saturated heterocycles. The largest absolute Gasteiger partial charge is 0.381 e. The Hall–Kier alpha value is -3.67. The fourth-order valence-corrected chi connectivity index (χ4v) is 8.65. The van der Waals surface area contributed by atoms with Crippen LogP contribution in [0.5, 0.6) is 0 Å². The molecule has 2 saturated carbocycles. The van der Waals surface area contributed by atoms with Gasteiger partial charge in [-0.05, 0) is 80.0 Å². The minimum Gasteiger partial charge on any atom is -0.381 e. The number of pyridine rings is 1. The average Bonchev–Trinajstić information content (AvgIpc) is 3.49. The molecular weight excluding hydrogens is 574 g/mol. The molecule has 1 unspecified atom stereocenters. The normalized spacial score (nSPS) is 23.9. The topological polar surface area (TPSA) is 114 Å². The van der Waals surface area contributed by atoms with Crippen LogP contribution in [0.3, 0.4) is 0 Å². The van der Waals surface area contributed by atoms with Gasteiger partial charge < -0.3 is 15.0 Å². The Bertz CT molecular complexity index is 1730. The van der Waals surface area contributed by atoms with Crippen molar-refractivity contribution in [3.05, 3.63) is 101 Å². The van der Waals surface area contributed by atoms with Gasteiger partial charge in [-0.15, -0.1) is 0 Å². The van der Waals surface area contributed by atoms with Crippen molar-refractivity contribution in [2.24, 2.45) is 11.8 Å². The predicted octanol–water partition coefficient (Wildman–Crippen LogP) is 5.30. The zero-order valence-corrected chi connectivity index (χ0v) is 23.1. The molecular formula is C29H25ClF2N4O4S. The molecule has 8 nitrogen and oxygen atoms in total. The number of rotatable bonds is 6. The van der Waals surface area contributed by atoms with Crippen LogP contribution >= 0.6 is 11.6 Å². The lowest BCUT2D eigenvalue weighted by Crippen LogP contribution is -2.47. The number of carbonyl (C=O) groups is 1. The van der Waals surface area contributed by atoms with Gasteiger partial charge in [0.25, 0.3) is 5.91 Å². The number of sulfone groups is 1. The monoisotopic (exact) mass is 598 g/mol. The van der Waals surface area contributed by atoms with Gasteiger partial charge in [-0.25, -0.2) is 22.2 Å². The summed E-state index contributed by atoms with van der Waals surface area (Å²) in [5.41, 5.74) is -0.511. The molecule has 4 aromatic rings. The third-order valence-electron chi connectivity index (χ3n) is 8.26. The summed E-state index contributed by atoms with van der Waals surface area (Å²) in [6.07, 6.45) is 8.35. The van der Waals surface area contributed by atoms with Crippen LogP contribution in [-0.2, 0) is 15.4 Å². The van der Waals surface area contributed by atoms with Gasteiger partial charge in [0.2, 0.25) is 0 Å². The second kappa shape index (κ2) is 10.3. The van der Waals surface area contributed by atoms with Crippen LogP contribution in [0.4, 0.5) is 14.5 Å². The molecule has 0 spiro atoms. The SMILES string of the molecule is O=C(Nc1ccc(F)c(F)c1)c1ccc(Cl)c(S(=O)(=O)[C@@H]2CC3CC[C@@H](C2)[C@@]3(O)c2nccn2-c2ccncc2)c1. The predicted molar refractivity (Wildman–Crippen MR) is 147 cm³/mol. The van der Waals surface area contributed by atoms with Crippen molar-refractivity contribution in [2.75, 3.05) is 5.32 Å². The maximum absolute atomic E-state index is 13.9. The van der Waals surface area contributed by atoms with Gasteiger partial charge in [0.15, 0.2) is 21.5 Å². The van der Waals surface area contributed by atoms with Gasteiger partial charge in [-0.3, -0.25) is 9.78 Å². The summed E-state index contributed by atoms with van der Waals surface area (Å²) in [5.74, 6) is -3.13. The highest BCUT2D eigenvalue weighted by Gasteiger charge is 2.58. The molecule has 12 heteroatoms. The number of halogens is 3. The Morgan fingerprint density at radius 1 is 1.00 bits per heavy atom. The minimum absolute atomic E-state index is 0.00706. The molecule has 1 amide bonds. The highest BCUT2D eigenvalue weighted by molar-refractivity contribution is 7.92. The van der Waals surface area contributed by atoms with E-state index in [1.807, 2.05) is 16.7 Å². The van der Waals surface area contributed by atoms with Gasteiger partial charge in [-0.1, -0.05) is 11.6 Å². The summed E-state index contributed by atoms with van der Waals surface area (Å²) in [7, 11) is -4.01. The fraction of sp³-hybridized carbons (Fsp3) is 0.276. The van der Waals surface area contributed by atoms with E-state index in [0.29, 0.717) is 18.7 Å². The molecule has 2 aliphatic rings.